The van der Waals surface area contributed by atoms with Gasteiger partial charge in [0.05, 0.1) is 0 Å². The normalized spacial score (nSPS) is 17.6. The molecule has 0 N–H and O–H groups in total. The second-order valence-corrected chi connectivity index (χ2v) is 8.52. The van der Waals surface area contributed by atoms with E-state index in [-0.39, 0.29) is 17.9 Å². The van der Waals surface area contributed by atoms with E-state index < -0.39 is 0 Å². The van der Waals surface area contributed by atoms with Crippen molar-refractivity contribution in [3.63, 3.8) is 0 Å². The topological polar surface area (TPSA) is 71.7 Å². The summed E-state index contributed by atoms with van der Waals surface area (Å²) in [6, 6.07) is 17.9. The second-order valence-electron chi connectivity index (χ2n) is 8.52. The van der Waals surface area contributed by atoms with Crippen molar-refractivity contribution >= 4 is 5.91 Å². The number of carbonyl (C=O) groups is 1. The Hall–Kier alpha value is -3.19. The van der Waals surface area contributed by atoms with Crippen molar-refractivity contribution < 1.29 is 13.9 Å². The van der Waals surface area contributed by atoms with Crippen molar-refractivity contribution in [3.05, 3.63) is 66.1 Å². The highest BCUT2D eigenvalue weighted by molar-refractivity contribution is 5.89. The third-order valence-electron chi connectivity index (χ3n) is 6.19. The number of ether oxygens (including phenoxy) is 1. The Labute approximate surface area is 188 Å². The lowest BCUT2D eigenvalue weighted by Gasteiger charge is -2.31. The molecule has 0 unspecified atom stereocenters. The lowest BCUT2D eigenvalue weighted by molar-refractivity contribution is 0.0560. The first-order valence-electron chi connectivity index (χ1n) is 11.4. The van der Waals surface area contributed by atoms with Gasteiger partial charge >= 0.3 is 11.8 Å². The van der Waals surface area contributed by atoms with Crippen LogP contribution in [0.25, 0.3) is 11.5 Å². The first-order valence-corrected chi connectivity index (χ1v) is 11.4. The van der Waals surface area contributed by atoms with Crippen molar-refractivity contribution in [1.82, 2.24) is 20.0 Å². The molecule has 0 bridgehead atoms. The van der Waals surface area contributed by atoms with Crippen LogP contribution in [0, 0.1) is 0 Å². The largest absolute Gasteiger partial charge is 0.490 e. The minimum Gasteiger partial charge on any atom is -0.490 e. The molecule has 1 amide bonds. The Morgan fingerprint density at radius 2 is 1.66 bits per heavy atom. The van der Waals surface area contributed by atoms with Crippen LogP contribution in [-0.4, -0.2) is 58.2 Å². The zero-order chi connectivity index (χ0) is 21.8. The molecule has 0 saturated carbocycles. The highest BCUT2D eigenvalue weighted by Gasteiger charge is 2.28. The fourth-order valence-electron chi connectivity index (χ4n) is 4.38. The molecular weight excluding hydrogens is 404 g/mol. The number of carbonyl (C=O) groups excluding carboxylic acids is 1. The molecule has 0 aliphatic carbocycles. The van der Waals surface area contributed by atoms with Gasteiger partial charge in [-0.1, -0.05) is 30.3 Å². The summed E-state index contributed by atoms with van der Waals surface area (Å²) in [6.45, 7) is 4.64. The molecule has 1 aromatic heterocycles. The first kappa shape index (κ1) is 20.7. The molecule has 2 fully saturated rings. The van der Waals surface area contributed by atoms with E-state index in [0.717, 1.165) is 30.7 Å². The van der Waals surface area contributed by atoms with E-state index in [2.05, 4.69) is 39.4 Å². The van der Waals surface area contributed by atoms with Crippen LogP contribution >= 0.6 is 0 Å². The van der Waals surface area contributed by atoms with Gasteiger partial charge in [0.1, 0.15) is 11.9 Å². The van der Waals surface area contributed by atoms with Gasteiger partial charge in [-0.3, -0.25) is 9.69 Å². The number of likely N-dealkylation sites (tertiary alicyclic amines) is 2. The average Bonchev–Trinajstić information content (AvgIpc) is 3.54. The Morgan fingerprint density at radius 1 is 0.938 bits per heavy atom. The van der Waals surface area contributed by atoms with Crippen molar-refractivity contribution in [2.24, 2.45) is 0 Å². The SMILES string of the molecule is O=C(c1nnc(-c2ccccc2)o1)N1CCC(Oc2ccc(CN3CCCC3)cc2)CC1. The molecule has 166 valence electrons. The zero-order valence-electron chi connectivity index (χ0n) is 18.2. The lowest BCUT2D eigenvalue weighted by Crippen LogP contribution is -2.41. The van der Waals surface area contributed by atoms with Gasteiger partial charge in [-0.05, 0) is 55.8 Å². The predicted octanol–water partition coefficient (Wildman–Crippen LogP) is 4.02. The fourth-order valence-corrected chi connectivity index (χ4v) is 4.38. The molecule has 0 atom stereocenters. The molecule has 5 rings (SSSR count). The van der Waals surface area contributed by atoms with Crippen molar-refractivity contribution in [2.45, 2.75) is 38.3 Å². The lowest BCUT2D eigenvalue weighted by atomic mass is 10.1. The third kappa shape index (κ3) is 4.83. The third-order valence-corrected chi connectivity index (χ3v) is 6.19. The number of amides is 1. The van der Waals surface area contributed by atoms with Crippen LogP contribution in [0.15, 0.2) is 59.0 Å². The quantitative estimate of drug-likeness (QED) is 0.586. The molecule has 2 aliphatic rings. The van der Waals surface area contributed by atoms with Gasteiger partial charge in [0, 0.05) is 38.0 Å². The molecule has 32 heavy (non-hydrogen) atoms. The van der Waals surface area contributed by atoms with E-state index in [9.17, 15) is 4.79 Å². The van der Waals surface area contributed by atoms with Crippen LogP contribution in [0.3, 0.4) is 0 Å². The smallest absolute Gasteiger partial charge is 0.311 e. The molecule has 0 radical (unpaired) electrons. The van der Waals surface area contributed by atoms with E-state index in [0.29, 0.717) is 19.0 Å². The summed E-state index contributed by atoms with van der Waals surface area (Å²) in [5.41, 5.74) is 2.13. The number of hydrogen-bond donors (Lipinski definition) is 0. The highest BCUT2D eigenvalue weighted by Crippen LogP contribution is 2.23. The number of rotatable bonds is 6. The first-order chi connectivity index (χ1) is 15.7. The molecule has 2 saturated heterocycles. The van der Waals surface area contributed by atoms with E-state index in [4.69, 9.17) is 9.15 Å². The monoisotopic (exact) mass is 432 g/mol. The minimum absolute atomic E-state index is 0.0387. The van der Waals surface area contributed by atoms with Gasteiger partial charge in [0.25, 0.3) is 0 Å². The summed E-state index contributed by atoms with van der Waals surface area (Å²) in [5, 5.41) is 7.98. The molecule has 0 spiro atoms. The average molecular weight is 433 g/mol. The summed E-state index contributed by atoms with van der Waals surface area (Å²) >= 11 is 0. The van der Waals surface area contributed by atoms with Crippen LogP contribution < -0.4 is 4.74 Å². The Kier molecular flexibility index (Phi) is 6.16. The van der Waals surface area contributed by atoms with Gasteiger partial charge in [0.15, 0.2) is 0 Å². The summed E-state index contributed by atoms with van der Waals surface area (Å²) in [7, 11) is 0. The van der Waals surface area contributed by atoms with Crippen LogP contribution in [-0.2, 0) is 6.54 Å². The Bertz CT molecular complexity index is 1020. The second kappa shape index (κ2) is 9.53. The summed E-state index contributed by atoms with van der Waals surface area (Å²) in [4.78, 5) is 17.0. The molecule has 3 heterocycles. The predicted molar refractivity (Wildman–Crippen MR) is 120 cm³/mol. The van der Waals surface area contributed by atoms with E-state index in [1.807, 2.05) is 30.3 Å². The van der Waals surface area contributed by atoms with Gasteiger partial charge in [-0.25, -0.2) is 0 Å². The van der Waals surface area contributed by atoms with E-state index in [1.54, 1.807) is 4.90 Å². The molecule has 2 aromatic carbocycles. The maximum absolute atomic E-state index is 12.8. The van der Waals surface area contributed by atoms with Crippen molar-refractivity contribution in [1.29, 1.82) is 0 Å². The van der Waals surface area contributed by atoms with E-state index in [1.165, 1.54) is 31.5 Å². The fraction of sp³-hybridized carbons (Fsp3) is 0.400. The number of hydrogen-bond acceptors (Lipinski definition) is 6. The molecule has 7 nitrogen and oxygen atoms in total. The van der Waals surface area contributed by atoms with Crippen molar-refractivity contribution in [2.75, 3.05) is 26.2 Å². The molecule has 3 aromatic rings. The number of piperidine rings is 1. The Balaban J connectivity index is 1.12. The molecular formula is C25H28N4O3. The summed E-state index contributed by atoms with van der Waals surface area (Å²) in [5.74, 6) is 1.07. The number of aromatic nitrogens is 2. The van der Waals surface area contributed by atoms with Gasteiger partial charge in [-0.2, -0.15) is 0 Å². The summed E-state index contributed by atoms with van der Waals surface area (Å²) in [6.07, 6.45) is 4.28. The van der Waals surface area contributed by atoms with Gasteiger partial charge in [-0.15, -0.1) is 10.2 Å². The van der Waals surface area contributed by atoms with Crippen LogP contribution in [0.1, 0.15) is 41.9 Å². The van der Waals surface area contributed by atoms with Crippen molar-refractivity contribution in [3.8, 4) is 17.2 Å². The minimum atomic E-state index is -0.218. The van der Waals surface area contributed by atoms with Gasteiger partial charge < -0.3 is 14.1 Å². The van der Waals surface area contributed by atoms with Gasteiger partial charge in [0.2, 0.25) is 5.89 Å². The zero-order valence-corrected chi connectivity index (χ0v) is 18.2. The number of nitrogens with zero attached hydrogens (tertiary/aromatic N) is 4. The van der Waals surface area contributed by atoms with Crippen LogP contribution in [0.2, 0.25) is 0 Å². The van der Waals surface area contributed by atoms with Crippen LogP contribution in [0.5, 0.6) is 5.75 Å². The number of benzene rings is 2. The maximum atomic E-state index is 12.8. The highest BCUT2D eigenvalue weighted by atomic mass is 16.5. The maximum Gasteiger partial charge on any atom is 0.311 e. The Morgan fingerprint density at radius 3 is 2.38 bits per heavy atom. The van der Waals surface area contributed by atoms with E-state index >= 15 is 0 Å². The van der Waals surface area contributed by atoms with Crippen LogP contribution in [0.4, 0.5) is 0 Å². The molecule has 7 heteroatoms. The summed E-state index contributed by atoms with van der Waals surface area (Å²) < 4.78 is 11.8. The standard InChI is InChI=1S/C25H28N4O3/c30-25(24-27-26-23(32-24)20-6-2-1-3-7-20)29-16-12-22(13-17-29)31-21-10-8-19(9-11-21)18-28-14-4-5-15-28/h1-3,6-11,22H,4-5,12-18H2. The molecule has 2 aliphatic heterocycles.